The van der Waals surface area contributed by atoms with E-state index in [1.807, 2.05) is 51.0 Å². The Bertz CT molecular complexity index is 635. The summed E-state index contributed by atoms with van der Waals surface area (Å²) in [5.74, 6) is -0.296. The predicted octanol–water partition coefficient (Wildman–Crippen LogP) is 1.26. The van der Waals surface area contributed by atoms with Crippen molar-refractivity contribution in [3.8, 4) is 0 Å². The van der Waals surface area contributed by atoms with Crippen LogP contribution in [0.25, 0.3) is 0 Å². The normalized spacial score (nSPS) is 11.6. The average Bonchev–Trinajstić information content (AvgIpc) is 2.50. The monoisotopic (exact) mass is 355 g/mol. The molecule has 0 bridgehead atoms. The first-order valence-corrected chi connectivity index (χ1v) is 10.0. The fourth-order valence-corrected chi connectivity index (χ4v) is 3.42. The van der Waals surface area contributed by atoms with E-state index in [1.165, 1.54) is 4.31 Å². The summed E-state index contributed by atoms with van der Waals surface area (Å²) in [6.07, 6.45) is 2.56. The van der Waals surface area contributed by atoms with Gasteiger partial charge in [0.05, 0.1) is 11.9 Å². The van der Waals surface area contributed by atoms with Crippen LogP contribution in [-0.2, 0) is 27.7 Å². The Morgan fingerprint density at radius 2 is 1.67 bits per heavy atom. The topological polar surface area (TPSA) is 69.7 Å². The number of carbonyl (C=O) groups is 1. The zero-order valence-corrected chi connectivity index (χ0v) is 16.1. The molecule has 7 heteroatoms. The maximum absolute atomic E-state index is 12.3. The number of hydrogen-bond acceptors (Lipinski definition) is 4. The molecular weight excluding hydrogens is 326 g/mol. The lowest BCUT2D eigenvalue weighted by molar-refractivity contribution is -0.119. The van der Waals surface area contributed by atoms with Crippen molar-refractivity contribution in [2.24, 2.45) is 0 Å². The third-order valence-electron chi connectivity index (χ3n) is 3.78. The van der Waals surface area contributed by atoms with Gasteiger partial charge in [-0.1, -0.05) is 32.0 Å². The van der Waals surface area contributed by atoms with E-state index in [9.17, 15) is 13.2 Å². The average molecular weight is 356 g/mol. The van der Waals surface area contributed by atoms with E-state index in [1.54, 1.807) is 0 Å². The van der Waals surface area contributed by atoms with Crippen LogP contribution in [0.2, 0.25) is 0 Å². The molecule has 136 valence electrons. The van der Waals surface area contributed by atoms with Gasteiger partial charge in [0.25, 0.3) is 0 Å². The van der Waals surface area contributed by atoms with Gasteiger partial charge in [-0.3, -0.25) is 9.10 Å². The molecule has 0 heterocycles. The van der Waals surface area contributed by atoms with Crippen LogP contribution in [0, 0.1) is 0 Å². The van der Waals surface area contributed by atoms with Crippen LogP contribution in [-0.4, -0.2) is 59.2 Å². The maximum atomic E-state index is 12.3. The molecule has 1 aromatic carbocycles. The predicted molar refractivity (Wildman–Crippen MR) is 99.0 cm³/mol. The molecule has 0 aliphatic heterocycles. The molecule has 0 atom stereocenters. The third-order valence-corrected chi connectivity index (χ3v) is 4.90. The quantitative estimate of drug-likeness (QED) is 0.724. The summed E-state index contributed by atoms with van der Waals surface area (Å²) in [6.45, 7) is 4.96. The van der Waals surface area contributed by atoms with Crippen molar-refractivity contribution in [3.63, 3.8) is 0 Å². The van der Waals surface area contributed by atoms with Crippen molar-refractivity contribution in [1.82, 2.24) is 10.2 Å². The molecule has 1 N–H and O–H groups in total. The number of aryl methyl sites for hydroxylation is 2. The van der Waals surface area contributed by atoms with E-state index >= 15 is 0 Å². The molecule has 6 nitrogen and oxygen atoms in total. The van der Waals surface area contributed by atoms with Gasteiger partial charge in [-0.05, 0) is 38.1 Å². The number of benzene rings is 1. The Morgan fingerprint density at radius 1 is 1.12 bits per heavy atom. The lowest BCUT2D eigenvalue weighted by atomic mass is 10.0. The Labute approximate surface area is 145 Å². The van der Waals surface area contributed by atoms with Crippen LogP contribution in [0.1, 0.15) is 25.0 Å². The molecule has 0 spiro atoms. The maximum Gasteiger partial charge on any atom is 0.240 e. The van der Waals surface area contributed by atoms with Gasteiger partial charge in [-0.2, -0.15) is 0 Å². The van der Waals surface area contributed by atoms with E-state index in [4.69, 9.17) is 0 Å². The van der Waals surface area contributed by atoms with Crippen LogP contribution in [0.15, 0.2) is 18.2 Å². The van der Waals surface area contributed by atoms with Crippen molar-refractivity contribution < 1.29 is 13.2 Å². The van der Waals surface area contributed by atoms with E-state index in [0.717, 1.165) is 17.4 Å². The molecule has 24 heavy (non-hydrogen) atoms. The van der Waals surface area contributed by atoms with Crippen molar-refractivity contribution >= 4 is 21.6 Å². The zero-order chi connectivity index (χ0) is 18.3. The Hall–Kier alpha value is -1.60. The highest BCUT2D eigenvalue weighted by molar-refractivity contribution is 7.92. The van der Waals surface area contributed by atoms with Crippen LogP contribution >= 0.6 is 0 Å². The lowest BCUT2D eigenvalue weighted by Gasteiger charge is -2.27. The molecule has 0 radical (unpaired) electrons. The van der Waals surface area contributed by atoms with Crippen LogP contribution in [0.4, 0.5) is 5.69 Å². The summed E-state index contributed by atoms with van der Waals surface area (Å²) in [5.41, 5.74) is 2.51. The van der Waals surface area contributed by atoms with Gasteiger partial charge in [-0.15, -0.1) is 0 Å². The molecule has 0 fully saturated rings. The van der Waals surface area contributed by atoms with Crippen molar-refractivity contribution in [3.05, 3.63) is 29.3 Å². The van der Waals surface area contributed by atoms with Gasteiger partial charge in [-0.25, -0.2) is 8.42 Å². The lowest BCUT2D eigenvalue weighted by Crippen LogP contribution is -2.42. The summed E-state index contributed by atoms with van der Waals surface area (Å²) in [6, 6.07) is 5.76. The standard InChI is InChI=1S/C17H29N3O3S/c1-6-14-9-8-10-15(7-2)17(14)20(24(5,22)23)13-16(21)18-11-12-19(3)4/h8-10H,6-7,11-13H2,1-5H3,(H,18,21). The van der Waals surface area contributed by atoms with Crippen molar-refractivity contribution in [2.45, 2.75) is 26.7 Å². The number of hydrogen-bond donors (Lipinski definition) is 1. The summed E-state index contributed by atoms with van der Waals surface area (Å²) in [7, 11) is 0.276. The number of likely N-dealkylation sites (N-methyl/N-ethyl adjacent to an activating group) is 1. The number of para-hydroxylation sites is 1. The molecular formula is C17H29N3O3S. The molecule has 0 saturated heterocycles. The summed E-state index contributed by atoms with van der Waals surface area (Å²) in [4.78, 5) is 14.2. The number of amides is 1. The summed E-state index contributed by atoms with van der Waals surface area (Å²) < 4.78 is 25.9. The molecule has 0 aliphatic rings. The van der Waals surface area contributed by atoms with Gasteiger partial charge < -0.3 is 10.2 Å². The first kappa shape index (κ1) is 20.4. The number of nitrogens with zero attached hydrogens (tertiary/aromatic N) is 2. The molecule has 1 amide bonds. The zero-order valence-electron chi connectivity index (χ0n) is 15.3. The summed E-state index contributed by atoms with van der Waals surface area (Å²) >= 11 is 0. The van der Waals surface area contributed by atoms with Crippen molar-refractivity contribution in [2.75, 3.05) is 44.3 Å². The third kappa shape index (κ3) is 5.79. The Kier molecular flexibility index (Phi) is 7.69. The fourth-order valence-electron chi connectivity index (χ4n) is 2.50. The highest BCUT2D eigenvalue weighted by Gasteiger charge is 2.24. The van der Waals surface area contributed by atoms with Gasteiger partial charge in [0, 0.05) is 13.1 Å². The fraction of sp³-hybridized carbons (Fsp3) is 0.588. The first-order valence-electron chi connectivity index (χ1n) is 8.20. The molecule has 0 saturated carbocycles. The molecule has 0 unspecified atom stereocenters. The van der Waals surface area contributed by atoms with Crippen LogP contribution < -0.4 is 9.62 Å². The highest BCUT2D eigenvalue weighted by Crippen LogP contribution is 2.28. The molecule has 1 aromatic rings. The number of rotatable bonds is 9. The van der Waals surface area contributed by atoms with Gasteiger partial charge >= 0.3 is 0 Å². The molecule has 0 aliphatic carbocycles. The molecule has 0 aromatic heterocycles. The second-order valence-electron chi connectivity index (χ2n) is 6.05. The summed E-state index contributed by atoms with van der Waals surface area (Å²) in [5, 5.41) is 2.77. The van der Waals surface area contributed by atoms with E-state index < -0.39 is 10.0 Å². The van der Waals surface area contributed by atoms with Gasteiger partial charge in [0.1, 0.15) is 6.54 Å². The minimum Gasteiger partial charge on any atom is -0.353 e. The minimum absolute atomic E-state index is 0.198. The van der Waals surface area contributed by atoms with Gasteiger partial charge in [0.2, 0.25) is 15.9 Å². The van der Waals surface area contributed by atoms with Crippen LogP contribution in [0.5, 0.6) is 0 Å². The second-order valence-corrected chi connectivity index (χ2v) is 7.96. The van der Waals surface area contributed by atoms with E-state index in [2.05, 4.69) is 5.32 Å². The number of carbonyl (C=O) groups excluding carboxylic acids is 1. The minimum atomic E-state index is -3.56. The number of nitrogens with one attached hydrogen (secondary N) is 1. The van der Waals surface area contributed by atoms with E-state index in [0.29, 0.717) is 31.6 Å². The van der Waals surface area contributed by atoms with Crippen LogP contribution in [0.3, 0.4) is 0 Å². The second kappa shape index (κ2) is 9.03. The molecule has 1 rings (SSSR count). The van der Waals surface area contributed by atoms with Crippen molar-refractivity contribution in [1.29, 1.82) is 0 Å². The highest BCUT2D eigenvalue weighted by atomic mass is 32.2. The largest absolute Gasteiger partial charge is 0.353 e. The number of anilines is 1. The smallest absolute Gasteiger partial charge is 0.240 e. The Morgan fingerprint density at radius 3 is 2.08 bits per heavy atom. The van der Waals surface area contributed by atoms with E-state index in [-0.39, 0.29) is 12.5 Å². The first-order chi connectivity index (χ1) is 11.2. The number of sulfonamides is 1. The Balaban J connectivity index is 3.10. The van der Waals surface area contributed by atoms with Gasteiger partial charge in [0.15, 0.2) is 0 Å². The SMILES string of the molecule is CCc1cccc(CC)c1N(CC(=O)NCCN(C)C)S(C)(=O)=O.